The predicted molar refractivity (Wildman–Crippen MR) is 104 cm³/mol. The molecule has 0 unspecified atom stereocenters. The molecule has 0 radical (unpaired) electrons. The zero-order valence-electron chi connectivity index (χ0n) is 15.3. The van der Waals surface area contributed by atoms with Gasteiger partial charge in [0.2, 0.25) is 5.88 Å². The number of anilines is 1. The van der Waals surface area contributed by atoms with Crippen molar-refractivity contribution in [3.05, 3.63) is 65.3 Å². The molecule has 1 heterocycles. The van der Waals surface area contributed by atoms with Gasteiger partial charge in [-0.3, -0.25) is 9.35 Å². The van der Waals surface area contributed by atoms with Gasteiger partial charge >= 0.3 is 6.18 Å². The summed E-state index contributed by atoms with van der Waals surface area (Å²) < 4.78 is 76.7. The minimum Gasteiger partial charge on any atom is -0.467 e. The van der Waals surface area contributed by atoms with E-state index in [0.717, 1.165) is 16.8 Å². The number of carbonyl (C=O) groups excluding carboxylic acids is 1. The number of nitrogens with one attached hydrogen (secondary N) is 1. The van der Waals surface area contributed by atoms with Gasteiger partial charge in [0.15, 0.2) is 12.3 Å². The molecule has 1 amide bonds. The molecule has 0 spiro atoms. The second-order valence-electron chi connectivity index (χ2n) is 6.07. The first-order valence-electron chi connectivity index (χ1n) is 8.37. The fourth-order valence-electron chi connectivity index (χ4n) is 2.47. The number of alkyl halides is 3. The van der Waals surface area contributed by atoms with Crippen molar-refractivity contribution < 1.29 is 35.7 Å². The number of ether oxygens (including phenoxy) is 1. The number of hydrogen-bond acceptors (Lipinski definition) is 5. The van der Waals surface area contributed by atoms with E-state index < -0.39 is 39.4 Å². The third-order valence-electron chi connectivity index (χ3n) is 3.81. The van der Waals surface area contributed by atoms with Crippen LogP contribution in [0.1, 0.15) is 5.69 Å². The highest BCUT2D eigenvalue weighted by atomic mass is 35.5. The van der Waals surface area contributed by atoms with Crippen molar-refractivity contribution >= 4 is 33.3 Å². The second kappa shape index (κ2) is 8.57. The molecule has 0 aliphatic carbocycles. The summed E-state index contributed by atoms with van der Waals surface area (Å²) in [7, 11) is -4.48. The fraction of sp³-hybridized carbons (Fsp3) is 0.111. The van der Waals surface area contributed by atoms with Gasteiger partial charge in [-0.15, -0.1) is 0 Å². The van der Waals surface area contributed by atoms with Crippen molar-refractivity contribution in [3.8, 4) is 11.6 Å². The molecule has 0 aliphatic rings. The van der Waals surface area contributed by atoms with E-state index in [4.69, 9.17) is 20.9 Å². The predicted octanol–water partition coefficient (Wildman–Crippen LogP) is 3.81. The lowest BCUT2D eigenvalue weighted by molar-refractivity contribution is -0.141. The van der Waals surface area contributed by atoms with Crippen LogP contribution in [0.25, 0.3) is 5.69 Å². The molecule has 3 aromatic rings. The Kier molecular flexibility index (Phi) is 6.25. The molecule has 13 heteroatoms. The normalized spacial score (nSPS) is 11.9. The standard InChI is InChI=1S/C18H13ClF3N3O5S/c19-13-6-1-2-7-14(13)25-17(9-15(24-25)18(20,21)22)30-10-16(26)23-11-4-3-5-12(8-11)31(27,28)29/h1-9H,10H2,(H,23,26)(H,27,28,29). The summed E-state index contributed by atoms with van der Waals surface area (Å²) in [5, 5.41) is 5.89. The van der Waals surface area contributed by atoms with E-state index in [9.17, 15) is 26.4 Å². The van der Waals surface area contributed by atoms with E-state index in [0.29, 0.717) is 6.07 Å². The lowest BCUT2D eigenvalue weighted by Crippen LogP contribution is -2.21. The summed E-state index contributed by atoms with van der Waals surface area (Å²) >= 11 is 6.03. The Hall–Kier alpha value is -3.09. The summed E-state index contributed by atoms with van der Waals surface area (Å²) in [5.74, 6) is -1.18. The molecule has 0 saturated carbocycles. The van der Waals surface area contributed by atoms with E-state index in [1.54, 1.807) is 6.07 Å². The molecule has 2 N–H and O–H groups in total. The molecule has 0 saturated heterocycles. The first-order valence-corrected chi connectivity index (χ1v) is 10.2. The number of nitrogens with zero attached hydrogens (tertiary/aromatic N) is 2. The molecular formula is C18H13ClF3N3O5S. The summed E-state index contributed by atoms with van der Waals surface area (Å²) in [5.41, 5.74) is -1.11. The van der Waals surface area contributed by atoms with Crippen LogP contribution in [-0.2, 0) is 21.1 Å². The minimum atomic E-state index is -4.76. The molecule has 2 aromatic carbocycles. The first kappa shape index (κ1) is 22.6. The van der Waals surface area contributed by atoms with E-state index in [2.05, 4.69) is 10.4 Å². The fourth-order valence-corrected chi connectivity index (χ4v) is 3.21. The zero-order chi connectivity index (χ0) is 22.8. The van der Waals surface area contributed by atoms with Gasteiger partial charge in [0, 0.05) is 11.8 Å². The quantitative estimate of drug-likeness (QED) is 0.524. The van der Waals surface area contributed by atoms with Gasteiger partial charge in [0.1, 0.15) is 0 Å². The Bertz CT molecular complexity index is 1230. The van der Waals surface area contributed by atoms with Crippen molar-refractivity contribution in [2.45, 2.75) is 11.1 Å². The van der Waals surface area contributed by atoms with Crippen LogP contribution in [0.15, 0.2) is 59.5 Å². The molecule has 0 bridgehead atoms. The first-order chi connectivity index (χ1) is 14.4. The van der Waals surface area contributed by atoms with E-state index >= 15 is 0 Å². The van der Waals surface area contributed by atoms with Gasteiger partial charge in [0.05, 0.1) is 15.6 Å². The van der Waals surface area contributed by atoms with Gasteiger partial charge in [-0.2, -0.15) is 31.4 Å². The minimum absolute atomic E-state index is 0.0271. The Balaban J connectivity index is 1.80. The number of para-hydroxylation sites is 1. The number of halogens is 4. The van der Waals surface area contributed by atoms with E-state index in [-0.39, 0.29) is 22.3 Å². The summed E-state index contributed by atoms with van der Waals surface area (Å²) in [6.07, 6.45) is -4.76. The molecular weight excluding hydrogens is 463 g/mol. The summed E-state index contributed by atoms with van der Waals surface area (Å²) in [6.45, 7) is -0.719. The molecule has 31 heavy (non-hydrogen) atoms. The third kappa shape index (κ3) is 5.54. The number of rotatable bonds is 6. The van der Waals surface area contributed by atoms with E-state index in [1.807, 2.05) is 0 Å². The van der Waals surface area contributed by atoms with Crippen LogP contribution < -0.4 is 10.1 Å². The van der Waals surface area contributed by atoms with Crippen LogP contribution >= 0.6 is 11.6 Å². The Labute approximate surface area is 179 Å². The van der Waals surface area contributed by atoms with Gasteiger partial charge < -0.3 is 10.1 Å². The molecule has 1 aromatic heterocycles. The van der Waals surface area contributed by atoms with Crippen molar-refractivity contribution in [2.75, 3.05) is 11.9 Å². The van der Waals surface area contributed by atoms with Crippen LogP contribution in [0.2, 0.25) is 5.02 Å². The number of benzene rings is 2. The maximum absolute atomic E-state index is 13.1. The van der Waals surface area contributed by atoms with Crippen molar-refractivity contribution in [2.24, 2.45) is 0 Å². The molecule has 0 aliphatic heterocycles. The number of aromatic nitrogens is 2. The van der Waals surface area contributed by atoms with Crippen LogP contribution in [0.5, 0.6) is 5.88 Å². The molecule has 8 nitrogen and oxygen atoms in total. The highest BCUT2D eigenvalue weighted by Crippen LogP contribution is 2.33. The second-order valence-corrected chi connectivity index (χ2v) is 7.90. The largest absolute Gasteiger partial charge is 0.467 e. The maximum Gasteiger partial charge on any atom is 0.435 e. The van der Waals surface area contributed by atoms with Crippen LogP contribution in [0, 0.1) is 0 Å². The van der Waals surface area contributed by atoms with Crippen molar-refractivity contribution in [1.29, 1.82) is 0 Å². The van der Waals surface area contributed by atoms with Gasteiger partial charge in [-0.25, -0.2) is 0 Å². The van der Waals surface area contributed by atoms with Gasteiger partial charge in [-0.05, 0) is 30.3 Å². The Morgan fingerprint density at radius 2 is 1.87 bits per heavy atom. The van der Waals surface area contributed by atoms with Crippen molar-refractivity contribution in [3.63, 3.8) is 0 Å². The number of amides is 1. The maximum atomic E-state index is 13.1. The molecule has 164 valence electrons. The number of carbonyl (C=O) groups is 1. The highest BCUT2D eigenvalue weighted by Gasteiger charge is 2.36. The summed E-state index contributed by atoms with van der Waals surface area (Å²) in [4.78, 5) is 11.7. The zero-order valence-corrected chi connectivity index (χ0v) is 16.9. The lowest BCUT2D eigenvalue weighted by Gasteiger charge is -2.11. The monoisotopic (exact) mass is 475 g/mol. The average Bonchev–Trinajstić information content (AvgIpc) is 3.11. The average molecular weight is 476 g/mol. The SMILES string of the molecule is O=C(COc1cc(C(F)(F)F)nn1-c1ccccc1Cl)Nc1cccc(S(=O)(=O)O)c1. The molecule has 3 rings (SSSR count). The smallest absolute Gasteiger partial charge is 0.435 e. The van der Waals surface area contributed by atoms with E-state index in [1.165, 1.54) is 30.3 Å². The molecule has 0 fully saturated rings. The number of hydrogen-bond donors (Lipinski definition) is 2. The Morgan fingerprint density at radius 3 is 2.52 bits per heavy atom. The van der Waals surface area contributed by atoms with Crippen LogP contribution in [0.4, 0.5) is 18.9 Å². The van der Waals surface area contributed by atoms with Crippen LogP contribution in [-0.4, -0.2) is 35.3 Å². The highest BCUT2D eigenvalue weighted by molar-refractivity contribution is 7.85. The topological polar surface area (TPSA) is 111 Å². The molecule has 0 atom stereocenters. The lowest BCUT2D eigenvalue weighted by atomic mass is 10.3. The van der Waals surface area contributed by atoms with Crippen LogP contribution in [0.3, 0.4) is 0 Å². The van der Waals surface area contributed by atoms with Crippen molar-refractivity contribution in [1.82, 2.24) is 9.78 Å². The van der Waals surface area contributed by atoms with Gasteiger partial charge in [-0.1, -0.05) is 29.8 Å². The Morgan fingerprint density at radius 1 is 1.16 bits per heavy atom. The third-order valence-corrected chi connectivity index (χ3v) is 4.98. The van der Waals surface area contributed by atoms with Gasteiger partial charge in [0.25, 0.3) is 16.0 Å². The summed E-state index contributed by atoms with van der Waals surface area (Å²) in [6, 6.07) is 11.3.